The molecule has 0 aliphatic heterocycles. The van der Waals surface area contributed by atoms with Gasteiger partial charge in [0, 0.05) is 22.8 Å². The van der Waals surface area contributed by atoms with Crippen LogP contribution in [0.4, 0.5) is 0 Å². The number of fused-ring (bicyclic) bond motifs is 5. The average Bonchev–Trinajstić information content (AvgIpc) is 3.25. The highest BCUT2D eigenvalue weighted by molar-refractivity contribution is 6.30. The van der Waals surface area contributed by atoms with Crippen LogP contribution in [0.5, 0.6) is 0 Å². The van der Waals surface area contributed by atoms with Crippen molar-refractivity contribution in [2.24, 2.45) is 0 Å². The van der Waals surface area contributed by atoms with Crippen LogP contribution in [0.15, 0.2) is 60.9 Å². The van der Waals surface area contributed by atoms with Crippen LogP contribution in [0.2, 0.25) is 5.02 Å². The van der Waals surface area contributed by atoms with Crippen LogP contribution < -0.4 is 0 Å². The summed E-state index contributed by atoms with van der Waals surface area (Å²) < 4.78 is 0. The van der Waals surface area contributed by atoms with E-state index in [0.29, 0.717) is 5.92 Å². The lowest BCUT2D eigenvalue weighted by molar-refractivity contribution is 0.825. The molecule has 1 fully saturated rings. The van der Waals surface area contributed by atoms with E-state index in [1.807, 2.05) is 36.7 Å². The Morgan fingerprint density at radius 3 is 2.05 bits per heavy atom. The molecule has 2 heterocycles. The summed E-state index contributed by atoms with van der Waals surface area (Å²) in [5, 5.41) is 0.786. The standard InChI is InChI=1S/C19H13ClN2/c20-13-7-5-12(6-8-13)16-11-19(16)14-3-1-9-21-17(14)18-15(19)4-2-10-22-18/h1-10,16H,11H2. The van der Waals surface area contributed by atoms with Gasteiger partial charge in [0.2, 0.25) is 0 Å². The first kappa shape index (κ1) is 12.4. The molecule has 0 bridgehead atoms. The van der Waals surface area contributed by atoms with Crippen LogP contribution in [0.3, 0.4) is 0 Å². The third-order valence-corrected chi connectivity index (χ3v) is 5.29. The number of aromatic nitrogens is 2. The highest BCUT2D eigenvalue weighted by atomic mass is 35.5. The molecule has 1 spiro atoms. The summed E-state index contributed by atoms with van der Waals surface area (Å²) >= 11 is 6.03. The summed E-state index contributed by atoms with van der Waals surface area (Å²) in [6.07, 6.45) is 4.83. The van der Waals surface area contributed by atoms with Crippen molar-refractivity contribution in [2.45, 2.75) is 17.8 Å². The highest BCUT2D eigenvalue weighted by Gasteiger charge is 2.62. The second-order valence-electron chi connectivity index (χ2n) is 6.08. The smallest absolute Gasteiger partial charge is 0.0930 e. The van der Waals surface area contributed by atoms with Gasteiger partial charge in [-0.1, -0.05) is 35.9 Å². The van der Waals surface area contributed by atoms with E-state index >= 15 is 0 Å². The zero-order valence-electron chi connectivity index (χ0n) is 11.8. The molecule has 1 aromatic carbocycles. The maximum atomic E-state index is 6.03. The molecular formula is C19H13ClN2. The largest absolute Gasteiger partial charge is 0.254 e. The Balaban J connectivity index is 1.71. The number of hydrogen-bond acceptors (Lipinski definition) is 2. The number of hydrogen-bond donors (Lipinski definition) is 0. The molecule has 0 saturated heterocycles. The second kappa shape index (κ2) is 4.17. The molecule has 106 valence electrons. The number of rotatable bonds is 1. The Hall–Kier alpha value is -2.19. The number of nitrogens with zero attached hydrogens (tertiary/aromatic N) is 2. The van der Waals surface area contributed by atoms with Gasteiger partial charge < -0.3 is 0 Å². The molecule has 1 saturated carbocycles. The Bertz CT molecular complexity index is 840. The van der Waals surface area contributed by atoms with Crippen molar-refractivity contribution in [3.8, 4) is 11.4 Å². The molecule has 3 aromatic rings. The minimum absolute atomic E-state index is 0.0566. The van der Waals surface area contributed by atoms with Gasteiger partial charge in [0.1, 0.15) is 0 Å². The zero-order valence-corrected chi connectivity index (χ0v) is 12.6. The van der Waals surface area contributed by atoms with Gasteiger partial charge in [0.25, 0.3) is 0 Å². The third-order valence-electron chi connectivity index (χ3n) is 5.03. The molecule has 22 heavy (non-hydrogen) atoms. The van der Waals surface area contributed by atoms with Gasteiger partial charge in [-0.25, -0.2) is 0 Å². The first-order valence-corrected chi connectivity index (χ1v) is 7.85. The fraction of sp³-hybridized carbons (Fsp3) is 0.158. The number of pyridine rings is 2. The minimum atomic E-state index is 0.0566. The summed E-state index contributed by atoms with van der Waals surface area (Å²) in [4.78, 5) is 9.19. The maximum Gasteiger partial charge on any atom is 0.0930 e. The molecule has 0 N–H and O–H groups in total. The van der Waals surface area contributed by atoms with Gasteiger partial charge in [-0.15, -0.1) is 0 Å². The lowest BCUT2D eigenvalue weighted by Crippen LogP contribution is -2.07. The molecule has 5 rings (SSSR count). The quantitative estimate of drug-likeness (QED) is 0.657. The van der Waals surface area contributed by atoms with E-state index in [1.54, 1.807) is 0 Å². The van der Waals surface area contributed by atoms with Crippen molar-refractivity contribution in [1.29, 1.82) is 0 Å². The number of benzene rings is 1. The normalized spacial score (nSPS) is 19.8. The van der Waals surface area contributed by atoms with E-state index in [2.05, 4.69) is 34.2 Å². The van der Waals surface area contributed by atoms with Gasteiger partial charge >= 0.3 is 0 Å². The van der Waals surface area contributed by atoms with E-state index in [1.165, 1.54) is 16.7 Å². The molecule has 0 radical (unpaired) electrons. The molecular weight excluding hydrogens is 292 g/mol. The van der Waals surface area contributed by atoms with Crippen molar-refractivity contribution >= 4 is 11.6 Å². The molecule has 2 aliphatic carbocycles. The van der Waals surface area contributed by atoms with Gasteiger partial charge in [-0.3, -0.25) is 9.97 Å². The van der Waals surface area contributed by atoms with Gasteiger partial charge in [0.15, 0.2) is 0 Å². The number of halogens is 1. The SMILES string of the molecule is Clc1ccc(C2CC23c2cccnc2-c2ncccc23)cc1. The molecule has 0 amide bonds. The Morgan fingerprint density at radius 1 is 0.864 bits per heavy atom. The second-order valence-corrected chi connectivity index (χ2v) is 6.52. The van der Waals surface area contributed by atoms with Crippen molar-refractivity contribution in [3.63, 3.8) is 0 Å². The topological polar surface area (TPSA) is 25.8 Å². The summed E-state index contributed by atoms with van der Waals surface area (Å²) in [6, 6.07) is 16.7. The van der Waals surface area contributed by atoms with Crippen LogP contribution in [-0.4, -0.2) is 9.97 Å². The predicted octanol–water partition coefficient (Wildman–Crippen LogP) is 4.58. The predicted molar refractivity (Wildman–Crippen MR) is 87.1 cm³/mol. The Labute approximate surface area is 133 Å². The van der Waals surface area contributed by atoms with Crippen molar-refractivity contribution in [2.75, 3.05) is 0 Å². The van der Waals surface area contributed by atoms with Crippen LogP contribution in [0.25, 0.3) is 11.4 Å². The molecule has 2 nitrogen and oxygen atoms in total. The molecule has 2 aromatic heterocycles. The summed E-state index contributed by atoms with van der Waals surface area (Å²) in [6.45, 7) is 0. The lowest BCUT2D eigenvalue weighted by atomic mass is 9.89. The van der Waals surface area contributed by atoms with Crippen molar-refractivity contribution in [3.05, 3.63) is 82.6 Å². The fourth-order valence-corrected chi connectivity index (χ4v) is 4.13. The molecule has 1 atom stereocenters. The van der Waals surface area contributed by atoms with Crippen LogP contribution >= 0.6 is 11.6 Å². The zero-order chi connectivity index (χ0) is 14.7. The molecule has 3 heteroatoms. The molecule has 1 unspecified atom stereocenters. The maximum absolute atomic E-state index is 6.03. The first-order valence-electron chi connectivity index (χ1n) is 7.47. The van der Waals surface area contributed by atoms with Crippen LogP contribution in [0.1, 0.15) is 29.0 Å². The van der Waals surface area contributed by atoms with E-state index in [0.717, 1.165) is 22.8 Å². The Morgan fingerprint density at radius 2 is 1.45 bits per heavy atom. The van der Waals surface area contributed by atoms with Gasteiger partial charge in [-0.05, 0) is 53.3 Å². The van der Waals surface area contributed by atoms with E-state index < -0.39 is 0 Å². The van der Waals surface area contributed by atoms with Crippen molar-refractivity contribution in [1.82, 2.24) is 9.97 Å². The van der Waals surface area contributed by atoms with Crippen LogP contribution in [-0.2, 0) is 5.41 Å². The van der Waals surface area contributed by atoms with E-state index in [-0.39, 0.29) is 5.41 Å². The molecule has 2 aliphatic rings. The third kappa shape index (κ3) is 1.46. The van der Waals surface area contributed by atoms with Gasteiger partial charge in [-0.2, -0.15) is 0 Å². The van der Waals surface area contributed by atoms with Crippen LogP contribution in [0, 0.1) is 0 Å². The Kier molecular flexibility index (Phi) is 2.35. The lowest BCUT2D eigenvalue weighted by Gasteiger charge is -2.13. The summed E-state index contributed by atoms with van der Waals surface area (Å²) in [7, 11) is 0. The van der Waals surface area contributed by atoms with E-state index in [9.17, 15) is 0 Å². The van der Waals surface area contributed by atoms with Gasteiger partial charge in [0.05, 0.1) is 11.4 Å². The fourth-order valence-electron chi connectivity index (χ4n) is 4.01. The summed E-state index contributed by atoms with van der Waals surface area (Å²) in [5.41, 5.74) is 6.15. The highest BCUT2D eigenvalue weighted by Crippen LogP contribution is 2.69. The average molecular weight is 305 g/mol. The van der Waals surface area contributed by atoms with E-state index in [4.69, 9.17) is 11.6 Å². The monoisotopic (exact) mass is 304 g/mol. The van der Waals surface area contributed by atoms with Crippen molar-refractivity contribution < 1.29 is 0 Å². The summed E-state index contributed by atoms with van der Waals surface area (Å²) in [5.74, 6) is 0.484. The first-order chi connectivity index (χ1) is 10.8. The minimum Gasteiger partial charge on any atom is -0.254 e.